The van der Waals surface area contributed by atoms with Gasteiger partial charge in [-0.15, -0.1) is 12.4 Å². The van der Waals surface area contributed by atoms with Crippen LogP contribution in [-0.2, 0) is 6.42 Å². The predicted molar refractivity (Wildman–Crippen MR) is 96.3 cm³/mol. The molecule has 122 valence electrons. The molecular formula is C18H20ClNO2S. The van der Waals surface area contributed by atoms with Crippen molar-refractivity contribution < 1.29 is 9.53 Å². The first-order chi connectivity index (χ1) is 10.6. The van der Waals surface area contributed by atoms with E-state index in [0.717, 1.165) is 33.2 Å². The molecular weight excluding hydrogens is 330 g/mol. The Labute approximate surface area is 147 Å². The maximum absolute atomic E-state index is 12.4. The fourth-order valence-electron chi connectivity index (χ4n) is 2.39. The lowest BCUT2D eigenvalue weighted by atomic mass is 10.0. The Morgan fingerprint density at radius 1 is 1.13 bits per heavy atom. The predicted octanol–water partition coefficient (Wildman–Crippen LogP) is 3.94. The molecule has 0 unspecified atom stereocenters. The minimum atomic E-state index is 0. The molecule has 0 bridgehead atoms. The highest BCUT2D eigenvalue weighted by molar-refractivity contribution is 7.99. The molecule has 0 radical (unpaired) electrons. The molecule has 0 N–H and O–H groups in total. The van der Waals surface area contributed by atoms with E-state index in [-0.39, 0.29) is 18.2 Å². The molecule has 1 aliphatic rings. The average Bonchev–Trinajstić information content (AvgIpc) is 2.62. The molecule has 0 fully saturated rings. The minimum absolute atomic E-state index is 0. The van der Waals surface area contributed by atoms with Crippen molar-refractivity contribution in [2.24, 2.45) is 0 Å². The normalized spacial score (nSPS) is 12.9. The third-order valence-corrected chi connectivity index (χ3v) is 4.78. The molecule has 0 atom stereocenters. The Hall–Kier alpha value is -1.49. The number of ether oxygens (including phenoxy) is 1. The number of ketones is 1. The summed E-state index contributed by atoms with van der Waals surface area (Å²) in [7, 11) is 4.04. The monoisotopic (exact) mass is 349 g/mol. The Morgan fingerprint density at radius 3 is 2.70 bits per heavy atom. The first-order valence-electron chi connectivity index (χ1n) is 7.34. The lowest BCUT2D eigenvalue weighted by Crippen LogP contribution is -2.19. The Kier molecular flexibility index (Phi) is 6.10. The summed E-state index contributed by atoms with van der Waals surface area (Å²) in [5, 5.41) is 0. The third kappa shape index (κ3) is 4.28. The van der Waals surface area contributed by atoms with E-state index in [0.29, 0.717) is 13.0 Å². The summed E-state index contributed by atoms with van der Waals surface area (Å²) in [6, 6.07) is 13.9. The van der Waals surface area contributed by atoms with Crippen LogP contribution in [0.4, 0.5) is 0 Å². The fraction of sp³-hybridized carbons (Fsp3) is 0.278. The highest BCUT2D eigenvalue weighted by atomic mass is 35.5. The third-order valence-electron chi connectivity index (χ3n) is 3.60. The van der Waals surface area contributed by atoms with Crippen LogP contribution in [0, 0.1) is 0 Å². The van der Waals surface area contributed by atoms with Crippen LogP contribution in [0.2, 0.25) is 0 Å². The number of carbonyl (C=O) groups is 1. The zero-order valence-corrected chi connectivity index (χ0v) is 14.9. The fourth-order valence-corrected chi connectivity index (χ4v) is 3.51. The van der Waals surface area contributed by atoms with Crippen molar-refractivity contribution in [3.63, 3.8) is 0 Å². The van der Waals surface area contributed by atoms with Gasteiger partial charge in [0.15, 0.2) is 5.78 Å². The summed E-state index contributed by atoms with van der Waals surface area (Å²) < 4.78 is 5.78. The van der Waals surface area contributed by atoms with Gasteiger partial charge in [-0.05, 0) is 43.9 Å². The SMILES string of the molecule is CN(C)CCOc1ccc2c(c1)Sc1ccccc1CC2=O.Cl. The van der Waals surface area contributed by atoms with Crippen LogP contribution in [-0.4, -0.2) is 37.9 Å². The van der Waals surface area contributed by atoms with Gasteiger partial charge in [0.2, 0.25) is 0 Å². The van der Waals surface area contributed by atoms with Crippen LogP contribution in [0.3, 0.4) is 0 Å². The van der Waals surface area contributed by atoms with E-state index in [1.54, 1.807) is 11.8 Å². The molecule has 2 aromatic rings. The number of nitrogens with zero attached hydrogens (tertiary/aromatic N) is 1. The molecule has 0 saturated carbocycles. The summed E-state index contributed by atoms with van der Waals surface area (Å²) in [5.41, 5.74) is 1.89. The summed E-state index contributed by atoms with van der Waals surface area (Å²) in [4.78, 5) is 16.6. The second kappa shape index (κ2) is 7.86. The first kappa shape index (κ1) is 17.9. The van der Waals surface area contributed by atoms with Crippen molar-refractivity contribution in [2.45, 2.75) is 16.2 Å². The lowest BCUT2D eigenvalue weighted by Gasteiger charge is -2.12. The maximum Gasteiger partial charge on any atom is 0.168 e. The highest BCUT2D eigenvalue weighted by Crippen LogP contribution is 2.38. The van der Waals surface area contributed by atoms with Crippen LogP contribution in [0.25, 0.3) is 0 Å². The van der Waals surface area contributed by atoms with Crippen LogP contribution >= 0.6 is 24.2 Å². The highest BCUT2D eigenvalue weighted by Gasteiger charge is 2.20. The molecule has 0 aliphatic carbocycles. The summed E-state index contributed by atoms with van der Waals surface area (Å²) in [5.74, 6) is 0.993. The molecule has 3 rings (SSSR count). The van der Waals surface area contributed by atoms with Gasteiger partial charge in [0.05, 0.1) is 0 Å². The summed E-state index contributed by atoms with van der Waals surface area (Å²) in [6.45, 7) is 1.51. The van der Waals surface area contributed by atoms with Gasteiger partial charge in [0.25, 0.3) is 0 Å². The quantitative estimate of drug-likeness (QED) is 0.836. The molecule has 5 heteroatoms. The molecule has 1 heterocycles. The van der Waals surface area contributed by atoms with Crippen LogP contribution in [0.1, 0.15) is 15.9 Å². The molecule has 3 nitrogen and oxygen atoms in total. The number of hydrogen-bond acceptors (Lipinski definition) is 4. The first-order valence-corrected chi connectivity index (χ1v) is 8.15. The summed E-state index contributed by atoms with van der Waals surface area (Å²) >= 11 is 1.65. The van der Waals surface area contributed by atoms with E-state index < -0.39 is 0 Å². The Balaban J connectivity index is 0.00000192. The van der Waals surface area contributed by atoms with Crippen molar-refractivity contribution >= 4 is 30.0 Å². The van der Waals surface area contributed by atoms with Gasteiger partial charge < -0.3 is 9.64 Å². The van der Waals surface area contributed by atoms with Gasteiger partial charge in [-0.2, -0.15) is 0 Å². The van der Waals surface area contributed by atoms with Crippen molar-refractivity contribution in [3.8, 4) is 5.75 Å². The number of Topliss-reactive ketones (excluding diaryl/α,β-unsaturated/α-hetero) is 1. The van der Waals surface area contributed by atoms with Gasteiger partial charge in [-0.25, -0.2) is 0 Å². The molecule has 0 amide bonds. The molecule has 0 spiro atoms. The van der Waals surface area contributed by atoms with Crippen LogP contribution in [0.5, 0.6) is 5.75 Å². The zero-order chi connectivity index (χ0) is 15.5. The number of halogens is 1. The molecule has 0 aromatic heterocycles. The lowest BCUT2D eigenvalue weighted by molar-refractivity contribution is 0.0990. The second-order valence-corrected chi connectivity index (χ2v) is 6.70. The zero-order valence-electron chi connectivity index (χ0n) is 13.2. The van der Waals surface area contributed by atoms with Gasteiger partial charge >= 0.3 is 0 Å². The number of carbonyl (C=O) groups excluding carboxylic acids is 1. The van der Waals surface area contributed by atoms with Gasteiger partial charge in [-0.1, -0.05) is 30.0 Å². The van der Waals surface area contributed by atoms with Crippen molar-refractivity contribution in [1.29, 1.82) is 0 Å². The number of rotatable bonds is 4. The van der Waals surface area contributed by atoms with E-state index in [4.69, 9.17) is 4.74 Å². The van der Waals surface area contributed by atoms with Crippen molar-refractivity contribution in [1.82, 2.24) is 4.90 Å². The van der Waals surface area contributed by atoms with Crippen LogP contribution in [0.15, 0.2) is 52.3 Å². The average molecular weight is 350 g/mol. The van der Waals surface area contributed by atoms with Gasteiger partial charge in [-0.3, -0.25) is 4.79 Å². The topological polar surface area (TPSA) is 29.5 Å². The smallest absolute Gasteiger partial charge is 0.168 e. The molecule has 0 saturated heterocycles. The van der Waals surface area contributed by atoms with E-state index in [9.17, 15) is 4.79 Å². The van der Waals surface area contributed by atoms with E-state index in [1.807, 2.05) is 50.5 Å². The second-order valence-electron chi connectivity index (χ2n) is 5.62. The standard InChI is InChI=1S/C18H19NO2S.ClH/c1-19(2)9-10-21-14-7-8-15-16(20)11-13-5-3-4-6-17(13)22-18(15)12-14;/h3-8,12H,9-11H2,1-2H3;1H. The molecule has 2 aromatic carbocycles. The maximum atomic E-state index is 12.4. The number of hydrogen-bond donors (Lipinski definition) is 0. The number of benzene rings is 2. The molecule has 1 aliphatic heterocycles. The molecule has 23 heavy (non-hydrogen) atoms. The summed E-state index contributed by atoms with van der Waals surface area (Å²) in [6.07, 6.45) is 0.469. The van der Waals surface area contributed by atoms with E-state index in [2.05, 4.69) is 11.0 Å². The largest absolute Gasteiger partial charge is 0.492 e. The Bertz CT molecular complexity index is 703. The number of fused-ring (bicyclic) bond motifs is 2. The van der Waals surface area contributed by atoms with Gasteiger partial charge in [0, 0.05) is 28.3 Å². The van der Waals surface area contributed by atoms with Crippen molar-refractivity contribution in [3.05, 3.63) is 53.6 Å². The van der Waals surface area contributed by atoms with E-state index in [1.165, 1.54) is 0 Å². The Morgan fingerprint density at radius 2 is 1.91 bits per heavy atom. The van der Waals surface area contributed by atoms with Gasteiger partial charge in [0.1, 0.15) is 12.4 Å². The van der Waals surface area contributed by atoms with Crippen molar-refractivity contribution in [2.75, 3.05) is 27.2 Å². The number of likely N-dealkylation sites (N-methyl/N-ethyl adjacent to an activating group) is 1. The van der Waals surface area contributed by atoms with E-state index >= 15 is 0 Å². The minimum Gasteiger partial charge on any atom is -0.492 e. The van der Waals surface area contributed by atoms with Crippen LogP contribution < -0.4 is 4.74 Å².